The van der Waals surface area contributed by atoms with Crippen LogP contribution in [0.25, 0.3) is 10.9 Å². The Hall–Kier alpha value is -2.12. The minimum absolute atomic E-state index is 0.117. The van der Waals surface area contributed by atoms with Crippen molar-refractivity contribution in [3.05, 3.63) is 18.2 Å². The molecule has 0 saturated carbocycles. The number of nitrogens with zero attached hydrogens (tertiary/aromatic N) is 3. The standard InChI is InChI=1S/C19H26N4O3/c1-19(8-3-4-11-26-19)18(24)20-17-16-14(22(2)21-17)6-5-7-15(16)23-9-12-25-13-10-23/h5-7H,3-4,8-13H2,1-2H3,(H,20,21,24)/t19-/m0/s1. The number of rotatable bonds is 3. The molecule has 0 radical (unpaired) electrons. The molecule has 140 valence electrons. The third kappa shape index (κ3) is 3.05. The molecule has 1 atom stereocenters. The number of carbonyl (C=O) groups excluding carboxylic acids is 1. The van der Waals surface area contributed by atoms with Gasteiger partial charge >= 0.3 is 0 Å². The van der Waals surface area contributed by atoms with Crippen LogP contribution < -0.4 is 10.2 Å². The van der Waals surface area contributed by atoms with Crippen molar-refractivity contribution in [1.82, 2.24) is 9.78 Å². The van der Waals surface area contributed by atoms with E-state index < -0.39 is 5.60 Å². The van der Waals surface area contributed by atoms with Crippen molar-refractivity contribution < 1.29 is 14.3 Å². The zero-order valence-electron chi connectivity index (χ0n) is 15.5. The van der Waals surface area contributed by atoms with Gasteiger partial charge in [0.1, 0.15) is 5.60 Å². The van der Waals surface area contributed by atoms with Crippen LogP contribution in [-0.2, 0) is 21.3 Å². The number of aromatic nitrogens is 2. The van der Waals surface area contributed by atoms with Crippen LogP contribution in [0.5, 0.6) is 0 Å². The van der Waals surface area contributed by atoms with E-state index in [0.29, 0.717) is 25.6 Å². The van der Waals surface area contributed by atoms with Gasteiger partial charge in [-0.3, -0.25) is 9.48 Å². The molecule has 1 aromatic heterocycles. The summed E-state index contributed by atoms with van der Waals surface area (Å²) in [6.45, 7) is 5.60. The van der Waals surface area contributed by atoms with E-state index in [4.69, 9.17) is 9.47 Å². The third-order valence-electron chi connectivity index (χ3n) is 5.39. The lowest BCUT2D eigenvalue weighted by molar-refractivity contribution is -0.144. The van der Waals surface area contributed by atoms with Crippen LogP contribution in [-0.4, -0.2) is 54.2 Å². The molecule has 26 heavy (non-hydrogen) atoms. The van der Waals surface area contributed by atoms with Gasteiger partial charge in [0.15, 0.2) is 5.82 Å². The quantitative estimate of drug-likeness (QED) is 0.912. The zero-order valence-corrected chi connectivity index (χ0v) is 15.5. The Bertz CT molecular complexity index is 804. The van der Waals surface area contributed by atoms with E-state index in [1.54, 1.807) is 0 Å². The number of amides is 1. The number of fused-ring (bicyclic) bond motifs is 1. The lowest BCUT2D eigenvalue weighted by Gasteiger charge is -2.32. The molecule has 0 spiro atoms. The van der Waals surface area contributed by atoms with Gasteiger partial charge in [0.25, 0.3) is 5.91 Å². The zero-order chi connectivity index (χ0) is 18.1. The smallest absolute Gasteiger partial charge is 0.257 e. The van der Waals surface area contributed by atoms with Gasteiger partial charge in [-0.05, 0) is 38.3 Å². The number of nitrogens with one attached hydrogen (secondary N) is 1. The van der Waals surface area contributed by atoms with Crippen molar-refractivity contribution in [3.8, 4) is 0 Å². The molecular formula is C19H26N4O3. The fourth-order valence-corrected chi connectivity index (χ4v) is 3.80. The average Bonchev–Trinajstić information content (AvgIpc) is 2.99. The minimum Gasteiger partial charge on any atom is -0.378 e. The van der Waals surface area contributed by atoms with Gasteiger partial charge < -0.3 is 19.7 Å². The lowest BCUT2D eigenvalue weighted by atomic mass is 9.95. The molecule has 7 heteroatoms. The summed E-state index contributed by atoms with van der Waals surface area (Å²) in [5.41, 5.74) is 1.30. The van der Waals surface area contributed by atoms with E-state index >= 15 is 0 Å². The molecule has 1 amide bonds. The maximum absolute atomic E-state index is 12.9. The van der Waals surface area contributed by atoms with E-state index in [2.05, 4.69) is 21.4 Å². The molecule has 2 aromatic rings. The molecule has 0 aliphatic carbocycles. The van der Waals surface area contributed by atoms with Crippen LogP contribution in [0.2, 0.25) is 0 Å². The lowest BCUT2D eigenvalue weighted by Crippen LogP contribution is -2.45. The number of benzene rings is 1. The molecule has 2 aliphatic rings. The molecule has 0 unspecified atom stereocenters. The largest absolute Gasteiger partial charge is 0.378 e. The Kier molecular flexibility index (Phi) is 4.58. The second-order valence-electron chi connectivity index (χ2n) is 7.23. The fraction of sp³-hybridized carbons (Fsp3) is 0.579. The van der Waals surface area contributed by atoms with Crippen molar-refractivity contribution >= 4 is 28.3 Å². The predicted octanol–water partition coefficient (Wildman–Crippen LogP) is 2.31. The summed E-state index contributed by atoms with van der Waals surface area (Å²) in [6, 6.07) is 6.15. The van der Waals surface area contributed by atoms with Gasteiger partial charge in [-0.2, -0.15) is 5.10 Å². The van der Waals surface area contributed by atoms with Crippen LogP contribution in [0.1, 0.15) is 26.2 Å². The number of anilines is 2. The van der Waals surface area contributed by atoms with E-state index in [1.807, 2.05) is 30.8 Å². The average molecular weight is 358 g/mol. The van der Waals surface area contributed by atoms with Crippen LogP contribution in [0.3, 0.4) is 0 Å². The molecule has 4 rings (SSSR count). The summed E-state index contributed by atoms with van der Waals surface area (Å²) >= 11 is 0. The summed E-state index contributed by atoms with van der Waals surface area (Å²) in [5.74, 6) is 0.485. The second-order valence-corrected chi connectivity index (χ2v) is 7.23. The van der Waals surface area contributed by atoms with Crippen LogP contribution in [0.15, 0.2) is 18.2 Å². The van der Waals surface area contributed by atoms with E-state index in [0.717, 1.165) is 48.9 Å². The Morgan fingerprint density at radius 1 is 1.23 bits per heavy atom. The highest BCUT2D eigenvalue weighted by Gasteiger charge is 2.37. The topological polar surface area (TPSA) is 68.6 Å². The first-order chi connectivity index (χ1) is 12.6. The van der Waals surface area contributed by atoms with Gasteiger partial charge in [0, 0.05) is 26.7 Å². The Labute approximate surface area is 153 Å². The normalized spacial score (nSPS) is 24.0. The first kappa shape index (κ1) is 17.3. The molecular weight excluding hydrogens is 332 g/mol. The van der Waals surface area contributed by atoms with E-state index in [-0.39, 0.29) is 5.91 Å². The first-order valence-corrected chi connectivity index (χ1v) is 9.32. The highest BCUT2D eigenvalue weighted by atomic mass is 16.5. The SMILES string of the molecule is Cn1nc(NC(=O)[C@]2(C)CCCCO2)c2c(N3CCOCC3)cccc21. The Morgan fingerprint density at radius 3 is 2.77 bits per heavy atom. The Morgan fingerprint density at radius 2 is 2.04 bits per heavy atom. The highest BCUT2D eigenvalue weighted by Crippen LogP contribution is 2.34. The molecule has 1 N–H and O–H groups in total. The van der Waals surface area contributed by atoms with Crippen LogP contribution in [0.4, 0.5) is 11.5 Å². The maximum Gasteiger partial charge on any atom is 0.257 e. The first-order valence-electron chi connectivity index (χ1n) is 9.32. The highest BCUT2D eigenvalue weighted by molar-refractivity contribution is 6.07. The predicted molar refractivity (Wildman–Crippen MR) is 101 cm³/mol. The Balaban J connectivity index is 1.69. The van der Waals surface area contributed by atoms with Crippen LogP contribution >= 0.6 is 0 Å². The van der Waals surface area contributed by atoms with Crippen molar-refractivity contribution in [1.29, 1.82) is 0 Å². The molecule has 2 aliphatic heterocycles. The fourth-order valence-electron chi connectivity index (χ4n) is 3.80. The summed E-state index contributed by atoms with van der Waals surface area (Å²) in [6.07, 6.45) is 2.75. The van der Waals surface area contributed by atoms with Crippen LogP contribution in [0, 0.1) is 0 Å². The van der Waals surface area contributed by atoms with Crippen molar-refractivity contribution in [2.75, 3.05) is 43.1 Å². The van der Waals surface area contributed by atoms with Gasteiger partial charge in [-0.25, -0.2) is 0 Å². The minimum atomic E-state index is -0.782. The molecule has 7 nitrogen and oxygen atoms in total. The number of carbonyl (C=O) groups is 1. The van der Waals surface area contributed by atoms with E-state index in [1.165, 1.54) is 0 Å². The van der Waals surface area contributed by atoms with Gasteiger partial charge in [-0.1, -0.05) is 6.07 Å². The number of hydrogen-bond acceptors (Lipinski definition) is 5. The van der Waals surface area contributed by atoms with Gasteiger partial charge in [-0.15, -0.1) is 0 Å². The number of hydrogen-bond donors (Lipinski definition) is 1. The molecule has 2 fully saturated rings. The number of morpholine rings is 1. The second kappa shape index (κ2) is 6.89. The summed E-state index contributed by atoms with van der Waals surface area (Å²) in [5, 5.41) is 8.60. The maximum atomic E-state index is 12.9. The van der Waals surface area contributed by atoms with Crippen molar-refractivity contribution in [2.24, 2.45) is 7.05 Å². The summed E-state index contributed by atoms with van der Waals surface area (Å²) < 4.78 is 13.1. The van der Waals surface area contributed by atoms with E-state index in [9.17, 15) is 4.79 Å². The number of aryl methyl sites for hydroxylation is 1. The third-order valence-corrected chi connectivity index (χ3v) is 5.39. The van der Waals surface area contributed by atoms with Gasteiger partial charge in [0.2, 0.25) is 0 Å². The summed E-state index contributed by atoms with van der Waals surface area (Å²) in [7, 11) is 1.90. The molecule has 3 heterocycles. The molecule has 2 saturated heterocycles. The van der Waals surface area contributed by atoms with Gasteiger partial charge in [0.05, 0.1) is 29.8 Å². The molecule has 1 aromatic carbocycles. The summed E-state index contributed by atoms with van der Waals surface area (Å²) in [4.78, 5) is 15.2. The molecule has 0 bridgehead atoms. The van der Waals surface area contributed by atoms with Crippen molar-refractivity contribution in [3.63, 3.8) is 0 Å². The van der Waals surface area contributed by atoms with Crippen molar-refractivity contribution in [2.45, 2.75) is 31.8 Å². The number of ether oxygens (including phenoxy) is 2. The monoisotopic (exact) mass is 358 g/mol.